The zero-order valence-electron chi connectivity index (χ0n) is 15.5. The molecule has 5 nitrogen and oxygen atoms in total. The van der Waals surface area contributed by atoms with Crippen LogP contribution in [0.2, 0.25) is 5.02 Å². The summed E-state index contributed by atoms with van der Waals surface area (Å²) in [5, 5.41) is 10.7. The molecule has 0 atom stereocenters. The Kier molecular flexibility index (Phi) is 5.14. The number of phenols is 1. The van der Waals surface area contributed by atoms with Gasteiger partial charge in [-0.15, -0.1) is 0 Å². The van der Waals surface area contributed by atoms with E-state index in [2.05, 4.69) is 0 Å². The number of ether oxygens (including phenoxy) is 2. The minimum atomic E-state index is -0.210. The maximum absolute atomic E-state index is 12.5. The smallest absolute Gasteiger partial charge is 0.193 e. The number of hydrogen-bond acceptors (Lipinski definition) is 5. The molecule has 0 unspecified atom stereocenters. The number of benzene rings is 3. The first-order valence-electron chi connectivity index (χ1n) is 8.86. The normalized spacial score (nSPS) is 10.8. The molecule has 1 heterocycles. The molecule has 0 saturated carbocycles. The first-order valence-corrected chi connectivity index (χ1v) is 9.24. The van der Waals surface area contributed by atoms with Crippen LogP contribution in [0.15, 0.2) is 75.9 Å². The molecule has 4 aromatic rings. The van der Waals surface area contributed by atoms with E-state index in [0.29, 0.717) is 33.1 Å². The number of methoxy groups -OCH3 is 1. The molecule has 1 aromatic heterocycles. The molecule has 0 aliphatic rings. The summed E-state index contributed by atoms with van der Waals surface area (Å²) >= 11 is 6.21. The van der Waals surface area contributed by atoms with E-state index in [-0.39, 0.29) is 17.8 Å². The van der Waals surface area contributed by atoms with Crippen LogP contribution in [0.5, 0.6) is 17.2 Å². The van der Waals surface area contributed by atoms with Gasteiger partial charge in [-0.25, -0.2) is 0 Å². The third kappa shape index (κ3) is 3.91. The number of fused-ring (bicyclic) bond motifs is 1. The zero-order valence-corrected chi connectivity index (χ0v) is 16.3. The largest absolute Gasteiger partial charge is 0.508 e. The number of para-hydroxylation sites is 1. The molecule has 0 aliphatic carbocycles. The first-order chi connectivity index (χ1) is 14.0. The minimum Gasteiger partial charge on any atom is -0.508 e. The molecule has 0 saturated heterocycles. The Hall–Kier alpha value is -3.44. The van der Waals surface area contributed by atoms with Gasteiger partial charge in [0, 0.05) is 12.1 Å². The fourth-order valence-electron chi connectivity index (χ4n) is 2.99. The molecular formula is C23H17ClO5. The molecule has 6 heteroatoms. The summed E-state index contributed by atoms with van der Waals surface area (Å²) in [6.45, 7) is 0.263. The minimum absolute atomic E-state index is 0.0413. The van der Waals surface area contributed by atoms with Crippen LogP contribution in [0.4, 0.5) is 0 Å². The highest BCUT2D eigenvalue weighted by Gasteiger charge is 2.14. The van der Waals surface area contributed by atoms with Crippen LogP contribution in [0.3, 0.4) is 0 Å². The van der Waals surface area contributed by atoms with Crippen molar-refractivity contribution in [2.24, 2.45) is 0 Å². The second-order valence-corrected chi connectivity index (χ2v) is 6.82. The Balaban J connectivity index is 1.72. The van der Waals surface area contributed by atoms with Crippen LogP contribution in [-0.4, -0.2) is 12.2 Å². The molecule has 1 N–H and O–H groups in total. The lowest BCUT2D eigenvalue weighted by molar-refractivity contribution is 0.305. The Morgan fingerprint density at radius 1 is 1.03 bits per heavy atom. The van der Waals surface area contributed by atoms with Gasteiger partial charge < -0.3 is 19.0 Å². The van der Waals surface area contributed by atoms with E-state index in [4.69, 9.17) is 25.5 Å². The topological polar surface area (TPSA) is 68.9 Å². The van der Waals surface area contributed by atoms with Gasteiger partial charge in [0.05, 0.1) is 23.1 Å². The maximum atomic E-state index is 12.5. The van der Waals surface area contributed by atoms with Crippen molar-refractivity contribution in [3.63, 3.8) is 0 Å². The van der Waals surface area contributed by atoms with Crippen molar-refractivity contribution in [3.05, 3.63) is 87.5 Å². The summed E-state index contributed by atoms with van der Waals surface area (Å²) in [4.78, 5) is 12.5. The average Bonchev–Trinajstić information content (AvgIpc) is 2.73. The van der Waals surface area contributed by atoms with Crippen LogP contribution in [-0.2, 0) is 6.61 Å². The Labute approximate surface area is 171 Å². The third-order valence-corrected chi connectivity index (χ3v) is 4.79. The van der Waals surface area contributed by atoms with Crippen molar-refractivity contribution < 1.29 is 19.0 Å². The number of hydrogen-bond donors (Lipinski definition) is 1. The number of aromatic hydroxyl groups is 1. The summed E-state index contributed by atoms with van der Waals surface area (Å²) < 4.78 is 17.0. The molecule has 0 amide bonds. The molecule has 0 aliphatic heterocycles. The van der Waals surface area contributed by atoms with Crippen LogP contribution < -0.4 is 14.9 Å². The number of rotatable bonds is 5. The lowest BCUT2D eigenvalue weighted by Crippen LogP contribution is -2.02. The maximum Gasteiger partial charge on any atom is 0.193 e. The van der Waals surface area contributed by atoms with Crippen LogP contribution >= 0.6 is 11.6 Å². The van der Waals surface area contributed by atoms with Crippen LogP contribution in [0.25, 0.3) is 22.3 Å². The number of halogens is 1. The molecule has 29 heavy (non-hydrogen) atoms. The van der Waals surface area contributed by atoms with Gasteiger partial charge >= 0.3 is 0 Å². The Morgan fingerprint density at radius 3 is 2.59 bits per heavy atom. The molecule has 0 radical (unpaired) electrons. The van der Waals surface area contributed by atoms with E-state index in [1.165, 1.54) is 18.2 Å². The zero-order chi connectivity index (χ0) is 20.4. The Morgan fingerprint density at radius 2 is 1.83 bits per heavy atom. The second kappa shape index (κ2) is 7.89. The van der Waals surface area contributed by atoms with Gasteiger partial charge in [-0.1, -0.05) is 29.8 Å². The lowest BCUT2D eigenvalue weighted by atomic mass is 10.1. The van der Waals surface area contributed by atoms with E-state index >= 15 is 0 Å². The molecule has 146 valence electrons. The molecule has 3 aromatic carbocycles. The summed E-state index contributed by atoms with van der Waals surface area (Å²) in [6, 6.07) is 18.5. The van der Waals surface area contributed by atoms with E-state index in [1.54, 1.807) is 31.4 Å². The molecule has 0 spiro atoms. The van der Waals surface area contributed by atoms with Gasteiger partial charge in [-0.3, -0.25) is 4.79 Å². The summed E-state index contributed by atoms with van der Waals surface area (Å²) in [5.41, 5.74) is 1.56. The summed E-state index contributed by atoms with van der Waals surface area (Å²) in [6.07, 6.45) is 0. The standard InChI is InChI=1S/C23H17ClO5/c1-27-16-8-5-14(6-9-16)13-28-21-11-15(25)7-10-18(21)22-12-20(26)17-3-2-4-19(24)23(17)29-22/h2-12,25H,13H2,1H3. The highest BCUT2D eigenvalue weighted by atomic mass is 35.5. The van der Waals surface area contributed by atoms with Crippen LogP contribution in [0, 0.1) is 0 Å². The van der Waals surface area contributed by atoms with Gasteiger partial charge in [0.1, 0.15) is 29.6 Å². The fourth-order valence-corrected chi connectivity index (χ4v) is 3.21. The Bertz CT molecular complexity index is 1230. The van der Waals surface area contributed by atoms with E-state index < -0.39 is 0 Å². The second-order valence-electron chi connectivity index (χ2n) is 6.41. The van der Waals surface area contributed by atoms with E-state index in [9.17, 15) is 9.90 Å². The van der Waals surface area contributed by atoms with Crippen molar-refractivity contribution >= 4 is 22.6 Å². The SMILES string of the molecule is COc1ccc(COc2cc(O)ccc2-c2cc(=O)c3cccc(Cl)c3o2)cc1. The molecule has 4 rings (SSSR count). The molecule has 0 bridgehead atoms. The van der Waals surface area contributed by atoms with Crippen molar-refractivity contribution in [2.45, 2.75) is 6.61 Å². The fraction of sp³-hybridized carbons (Fsp3) is 0.0870. The van der Waals surface area contributed by atoms with Gasteiger partial charge in [0.2, 0.25) is 0 Å². The lowest BCUT2D eigenvalue weighted by Gasteiger charge is -2.12. The highest BCUT2D eigenvalue weighted by molar-refractivity contribution is 6.34. The van der Waals surface area contributed by atoms with Crippen LogP contribution in [0.1, 0.15) is 5.56 Å². The van der Waals surface area contributed by atoms with Crippen molar-refractivity contribution in [2.75, 3.05) is 7.11 Å². The van der Waals surface area contributed by atoms with Gasteiger partial charge in [0.15, 0.2) is 11.0 Å². The summed E-state index contributed by atoms with van der Waals surface area (Å²) in [7, 11) is 1.61. The molecule has 0 fully saturated rings. The monoisotopic (exact) mass is 408 g/mol. The van der Waals surface area contributed by atoms with E-state index in [1.807, 2.05) is 24.3 Å². The van der Waals surface area contributed by atoms with Crippen molar-refractivity contribution in [3.8, 4) is 28.6 Å². The molecular weight excluding hydrogens is 392 g/mol. The van der Waals surface area contributed by atoms with Gasteiger partial charge in [-0.05, 0) is 42.0 Å². The van der Waals surface area contributed by atoms with Crippen molar-refractivity contribution in [1.82, 2.24) is 0 Å². The van der Waals surface area contributed by atoms with Crippen molar-refractivity contribution in [1.29, 1.82) is 0 Å². The highest BCUT2D eigenvalue weighted by Crippen LogP contribution is 2.35. The van der Waals surface area contributed by atoms with E-state index in [0.717, 1.165) is 11.3 Å². The first kappa shape index (κ1) is 18.9. The predicted octanol–water partition coefficient (Wildman–Crippen LogP) is 5.41. The predicted molar refractivity (Wildman–Crippen MR) is 112 cm³/mol. The van der Waals surface area contributed by atoms with Gasteiger partial charge in [0.25, 0.3) is 0 Å². The number of phenolic OH excluding ortho intramolecular Hbond substituents is 1. The summed E-state index contributed by atoms with van der Waals surface area (Å²) in [5.74, 6) is 1.48. The average molecular weight is 409 g/mol. The quantitative estimate of drug-likeness (QED) is 0.478. The van der Waals surface area contributed by atoms with Gasteiger partial charge in [-0.2, -0.15) is 0 Å². The third-order valence-electron chi connectivity index (χ3n) is 4.49.